The van der Waals surface area contributed by atoms with E-state index in [-0.39, 0.29) is 5.54 Å². The molecule has 0 aromatic heterocycles. The van der Waals surface area contributed by atoms with Crippen LogP contribution in [-0.4, -0.2) is 12.1 Å². The fourth-order valence-corrected chi connectivity index (χ4v) is 2.62. The van der Waals surface area contributed by atoms with Crippen molar-refractivity contribution in [2.75, 3.05) is 6.61 Å². The maximum absolute atomic E-state index is 6.35. The standard InChI is InChI=1S/C14H20ClNO/c15-12-6-2-3-7-13(12)17-11-10-14(16)8-4-1-5-9-14/h2-3,6-7H,1,4-5,8-11,16H2. The van der Waals surface area contributed by atoms with Gasteiger partial charge in [0.2, 0.25) is 0 Å². The van der Waals surface area contributed by atoms with Crippen LogP contribution in [0.3, 0.4) is 0 Å². The van der Waals surface area contributed by atoms with Crippen molar-refractivity contribution >= 4 is 11.6 Å². The summed E-state index contributed by atoms with van der Waals surface area (Å²) in [6.45, 7) is 0.653. The number of para-hydroxylation sites is 1. The predicted octanol–water partition coefficient (Wildman–Crippen LogP) is 3.77. The van der Waals surface area contributed by atoms with E-state index in [9.17, 15) is 0 Å². The molecule has 0 radical (unpaired) electrons. The Morgan fingerprint density at radius 1 is 1.18 bits per heavy atom. The smallest absolute Gasteiger partial charge is 0.137 e. The first-order valence-electron chi connectivity index (χ1n) is 6.36. The van der Waals surface area contributed by atoms with E-state index in [1.165, 1.54) is 19.3 Å². The molecular weight excluding hydrogens is 234 g/mol. The molecule has 1 fully saturated rings. The summed E-state index contributed by atoms with van der Waals surface area (Å²) in [6.07, 6.45) is 6.99. The highest BCUT2D eigenvalue weighted by molar-refractivity contribution is 6.32. The van der Waals surface area contributed by atoms with Crippen LogP contribution in [-0.2, 0) is 0 Å². The van der Waals surface area contributed by atoms with E-state index in [2.05, 4.69) is 0 Å². The van der Waals surface area contributed by atoms with E-state index in [4.69, 9.17) is 22.1 Å². The minimum atomic E-state index is -0.0144. The average molecular weight is 254 g/mol. The third-order valence-electron chi connectivity index (χ3n) is 3.54. The summed E-state index contributed by atoms with van der Waals surface area (Å²) in [5.41, 5.74) is 6.33. The van der Waals surface area contributed by atoms with Gasteiger partial charge in [-0.2, -0.15) is 0 Å². The fourth-order valence-electron chi connectivity index (χ4n) is 2.43. The van der Waals surface area contributed by atoms with Crippen LogP contribution < -0.4 is 10.5 Å². The Kier molecular flexibility index (Phi) is 4.30. The molecule has 0 spiro atoms. The fraction of sp³-hybridized carbons (Fsp3) is 0.571. The molecule has 0 unspecified atom stereocenters. The largest absolute Gasteiger partial charge is 0.492 e. The van der Waals surface area contributed by atoms with Crippen molar-refractivity contribution in [1.82, 2.24) is 0 Å². The molecule has 3 heteroatoms. The molecule has 1 saturated carbocycles. The van der Waals surface area contributed by atoms with Crippen LogP contribution in [0.2, 0.25) is 5.02 Å². The first kappa shape index (κ1) is 12.7. The van der Waals surface area contributed by atoms with E-state index in [0.717, 1.165) is 25.0 Å². The lowest BCUT2D eigenvalue weighted by molar-refractivity contribution is 0.214. The lowest BCUT2D eigenvalue weighted by Crippen LogP contribution is -2.42. The van der Waals surface area contributed by atoms with Gasteiger partial charge in [0, 0.05) is 5.54 Å². The van der Waals surface area contributed by atoms with E-state index >= 15 is 0 Å². The molecule has 0 heterocycles. The molecular formula is C14H20ClNO. The number of rotatable bonds is 4. The van der Waals surface area contributed by atoms with Crippen LogP contribution in [0.1, 0.15) is 38.5 Å². The molecule has 2 nitrogen and oxygen atoms in total. The summed E-state index contributed by atoms with van der Waals surface area (Å²) in [7, 11) is 0. The zero-order valence-corrected chi connectivity index (χ0v) is 10.9. The number of ether oxygens (including phenoxy) is 1. The van der Waals surface area contributed by atoms with Gasteiger partial charge in [-0.15, -0.1) is 0 Å². The maximum Gasteiger partial charge on any atom is 0.137 e. The third kappa shape index (κ3) is 3.62. The van der Waals surface area contributed by atoms with Crippen molar-refractivity contribution in [1.29, 1.82) is 0 Å². The number of nitrogens with two attached hydrogens (primary N) is 1. The second-order valence-electron chi connectivity index (χ2n) is 4.95. The predicted molar refractivity (Wildman–Crippen MR) is 71.6 cm³/mol. The van der Waals surface area contributed by atoms with Gasteiger partial charge in [-0.3, -0.25) is 0 Å². The molecule has 0 aliphatic heterocycles. The van der Waals surface area contributed by atoms with Gasteiger partial charge < -0.3 is 10.5 Å². The maximum atomic E-state index is 6.35. The molecule has 2 rings (SSSR count). The van der Waals surface area contributed by atoms with E-state index in [1.807, 2.05) is 24.3 Å². The van der Waals surface area contributed by atoms with Crippen molar-refractivity contribution in [2.45, 2.75) is 44.1 Å². The summed E-state index contributed by atoms with van der Waals surface area (Å²) in [5.74, 6) is 0.758. The summed E-state index contributed by atoms with van der Waals surface area (Å²) in [4.78, 5) is 0. The second-order valence-corrected chi connectivity index (χ2v) is 5.36. The number of halogens is 1. The van der Waals surface area contributed by atoms with E-state index in [1.54, 1.807) is 0 Å². The highest BCUT2D eigenvalue weighted by Crippen LogP contribution is 2.29. The van der Waals surface area contributed by atoms with Gasteiger partial charge >= 0.3 is 0 Å². The Morgan fingerprint density at radius 3 is 2.59 bits per heavy atom. The summed E-state index contributed by atoms with van der Waals surface area (Å²) in [6, 6.07) is 7.57. The minimum absolute atomic E-state index is 0.0144. The van der Waals surface area contributed by atoms with Gasteiger partial charge in [-0.25, -0.2) is 0 Å². The molecule has 1 aliphatic carbocycles. The van der Waals surface area contributed by atoms with Gasteiger partial charge in [0.1, 0.15) is 5.75 Å². The Bertz CT molecular complexity index is 361. The quantitative estimate of drug-likeness (QED) is 0.887. The van der Waals surface area contributed by atoms with Crippen LogP contribution in [0.4, 0.5) is 0 Å². The van der Waals surface area contributed by atoms with E-state index < -0.39 is 0 Å². The first-order valence-corrected chi connectivity index (χ1v) is 6.74. The van der Waals surface area contributed by atoms with Crippen molar-refractivity contribution in [3.8, 4) is 5.75 Å². The monoisotopic (exact) mass is 253 g/mol. The molecule has 17 heavy (non-hydrogen) atoms. The topological polar surface area (TPSA) is 35.2 Å². The summed E-state index contributed by atoms with van der Waals surface area (Å²) >= 11 is 6.02. The third-order valence-corrected chi connectivity index (χ3v) is 3.86. The van der Waals surface area contributed by atoms with Crippen LogP contribution in [0, 0.1) is 0 Å². The van der Waals surface area contributed by atoms with Crippen molar-refractivity contribution in [3.63, 3.8) is 0 Å². The normalized spacial score (nSPS) is 18.9. The second kappa shape index (κ2) is 5.74. The summed E-state index contributed by atoms with van der Waals surface area (Å²) in [5, 5.41) is 0.669. The Hall–Kier alpha value is -0.730. The average Bonchev–Trinajstić information content (AvgIpc) is 2.32. The highest BCUT2D eigenvalue weighted by atomic mass is 35.5. The number of hydrogen-bond acceptors (Lipinski definition) is 2. The zero-order chi connectivity index (χ0) is 12.1. The Labute approximate surface area is 108 Å². The van der Waals surface area contributed by atoms with Crippen molar-refractivity contribution in [2.24, 2.45) is 5.73 Å². The van der Waals surface area contributed by atoms with Crippen molar-refractivity contribution < 1.29 is 4.74 Å². The van der Waals surface area contributed by atoms with Crippen LogP contribution >= 0.6 is 11.6 Å². The van der Waals surface area contributed by atoms with Crippen LogP contribution in [0.5, 0.6) is 5.75 Å². The lowest BCUT2D eigenvalue weighted by atomic mass is 9.80. The number of hydrogen-bond donors (Lipinski definition) is 1. The molecule has 2 N–H and O–H groups in total. The van der Waals surface area contributed by atoms with Crippen LogP contribution in [0.25, 0.3) is 0 Å². The van der Waals surface area contributed by atoms with Crippen LogP contribution in [0.15, 0.2) is 24.3 Å². The Morgan fingerprint density at radius 2 is 1.88 bits per heavy atom. The number of benzene rings is 1. The molecule has 0 amide bonds. The zero-order valence-electron chi connectivity index (χ0n) is 10.1. The highest BCUT2D eigenvalue weighted by Gasteiger charge is 2.27. The van der Waals surface area contributed by atoms with Gasteiger partial charge in [-0.05, 0) is 31.4 Å². The summed E-state index contributed by atoms with van der Waals surface area (Å²) < 4.78 is 5.69. The van der Waals surface area contributed by atoms with Gasteiger partial charge in [0.25, 0.3) is 0 Å². The van der Waals surface area contributed by atoms with Gasteiger partial charge in [0.05, 0.1) is 11.6 Å². The lowest BCUT2D eigenvalue weighted by Gasteiger charge is -2.33. The molecule has 94 valence electrons. The van der Waals surface area contributed by atoms with Gasteiger partial charge in [-0.1, -0.05) is 43.0 Å². The minimum Gasteiger partial charge on any atom is -0.492 e. The molecule has 0 atom stereocenters. The molecule has 1 aromatic carbocycles. The SMILES string of the molecule is NC1(CCOc2ccccc2Cl)CCCCC1. The molecule has 1 aliphatic rings. The van der Waals surface area contributed by atoms with E-state index in [0.29, 0.717) is 11.6 Å². The first-order chi connectivity index (χ1) is 8.20. The molecule has 1 aromatic rings. The molecule has 0 saturated heterocycles. The Balaban J connectivity index is 1.81. The molecule has 0 bridgehead atoms. The van der Waals surface area contributed by atoms with Crippen molar-refractivity contribution in [3.05, 3.63) is 29.3 Å². The van der Waals surface area contributed by atoms with Gasteiger partial charge in [0.15, 0.2) is 0 Å².